The molecule has 0 saturated carbocycles. The first-order chi connectivity index (χ1) is 15.4. The topological polar surface area (TPSA) is 66.7 Å². The van der Waals surface area contributed by atoms with E-state index in [0.29, 0.717) is 39.3 Å². The van der Waals surface area contributed by atoms with Crippen molar-refractivity contribution in [2.75, 3.05) is 11.9 Å². The zero-order valence-electron chi connectivity index (χ0n) is 18.2. The number of aryl methyl sites for hydroxylation is 2. The molecule has 0 spiro atoms. The summed E-state index contributed by atoms with van der Waals surface area (Å²) in [6.07, 6.45) is 4.20. The second kappa shape index (κ2) is 9.26. The lowest BCUT2D eigenvalue weighted by Gasteiger charge is -2.14. The summed E-state index contributed by atoms with van der Waals surface area (Å²) < 4.78 is 2.00. The standard InChI is InChI=1S/C24H24N4O2S2/c1-4-11-25-20-18(22(29)27-12-5-6-16(3)21(27)26-20)13-19-23(30)28(24(31)32-19)14-17-9-7-15(2)8-10-17/h5-10,12-13,25H,4,11,14H2,1-3H3/b19-13-. The smallest absolute Gasteiger partial charge is 0.267 e. The molecule has 0 atom stereocenters. The van der Waals surface area contributed by atoms with Crippen molar-refractivity contribution in [1.82, 2.24) is 14.3 Å². The highest BCUT2D eigenvalue weighted by molar-refractivity contribution is 8.26. The first-order valence-corrected chi connectivity index (χ1v) is 11.7. The maximum Gasteiger partial charge on any atom is 0.267 e. The number of rotatable bonds is 6. The number of nitrogens with zero attached hydrogens (tertiary/aromatic N) is 3. The molecular weight excluding hydrogens is 440 g/mol. The zero-order chi connectivity index (χ0) is 22.8. The number of carbonyl (C=O) groups excluding carboxylic acids is 1. The normalized spacial score (nSPS) is 15.2. The van der Waals surface area contributed by atoms with E-state index in [-0.39, 0.29) is 11.5 Å². The van der Waals surface area contributed by atoms with Crippen LogP contribution in [0.1, 0.15) is 35.6 Å². The second-order valence-electron chi connectivity index (χ2n) is 7.74. The monoisotopic (exact) mass is 464 g/mol. The molecule has 1 fully saturated rings. The molecule has 0 aliphatic carbocycles. The number of anilines is 1. The van der Waals surface area contributed by atoms with Gasteiger partial charge in [0.15, 0.2) is 0 Å². The molecule has 1 aliphatic heterocycles. The van der Waals surface area contributed by atoms with Gasteiger partial charge in [-0.05, 0) is 43.5 Å². The molecule has 1 amide bonds. The number of thioether (sulfide) groups is 1. The number of carbonyl (C=O) groups is 1. The van der Waals surface area contributed by atoms with Crippen LogP contribution in [0.4, 0.5) is 5.82 Å². The highest BCUT2D eigenvalue weighted by Crippen LogP contribution is 2.34. The first kappa shape index (κ1) is 22.2. The number of thiocarbonyl (C=S) groups is 1. The highest BCUT2D eigenvalue weighted by Gasteiger charge is 2.32. The van der Waals surface area contributed by atoms with Crippen molar-refractivity contribution < 1.29 is 4.79 Å². The van der Waals surface area contributed by atoms with Gasteiger partial charge >= 0.3 is 0 Å². The van der Waals surface area contributed by atoms with Crippen molar-refractivity contribution in [3.63, 3.8) is 0 Å². The highest BCUT2D eigenvalue weighted by atomic mass is 32.2. The second-order valence-corrected chi connectivity index (χ2v) is 9.42. The molecule has 0 unspecified atom stereocenters. The van der Waals surface area contributed by atoms with Crippen LogP contribution in [0.5, 0.6) is 0 Å². The Morgan fingerprint density at radius 1 is 1.16 bits per heavy atom. The minimum Gasteiger partial charge on any atom is -0.369 e. The quantitative estimate of drug-likeness (QED) is 0.427. The number of amides is 1. The van der Waals surface area contributed by atoms with Gasteiger partial charge in [-0.2, -0.15) is 0 Å². The Hall–Kier alpha value is -2.97. The SMILES string of the molecule is CCCNc1nc2c(C)cccn2c(=O)c1/C=C1\SC(=S)N(Cc2ccc(C)cc2)C1=O. The predicted molar refractivity (Wildman–Crippen MR) is 135 cm³/mol. The molecular formula is C24H24N4O2S2. The number of nitrogens with one attached hydrogen (secondary N) is 1. The molecule has 164 valence electrons. The zero-order valence-corrected chi connectivity index (χ0v) is 19.8. The van der Waals surface area contributed by atoms with Crippen molar-refractivity contribution in [3.05, 3.63) is 80.1 Å². The van der Waals surface area contributed by atoms with Gasteiger partial charge in [0, 0.05) is 12.7 Å². The summed E-state index contributed by atoms with van der Waals surface area (Å²) in [5.41, 5.74) is 3.80. The van der Waals surface area contributed by atoms with Crippen LogP contribution >= 0.6 is 24.0 Å². The van der Waals surface area contributed by atoms with Crippen LogP contribution in [0.25, 0.3) is 11.7 Å². The van der Waals surface area contributed by atoms with Gasteiger partial charge in [0.05, 0.1) is 17.0 Å². The molecule has 32 heavy (non-hydrogen) atoms. The molecule has 3 aromatic rings. The van der Waals surface area contributed by atoms with Crippen molar-refractivity contribution in [1.29, 1.82) is 0 Å². The van der Waals surface area contributed by atoms with Gasteiger partial charge in [-0.15, -0.1) is 0 Å². The summed E-state index contributed by atoms with van der Waals surface area (Å²) in [5.74, 6) is 0.283. The number of pyridine rings is 1. The number of fused-ring (bicyclic) bond motifs is 1. The first-order valence-electron chi connectivity index (χ1n) is 10.5. The fourth-order valence-electron chi connectivity index (χ4n) is 3.46. The minimum atomic E-state index is -0.221. The Bertz CT molecular complexity index is 1300. The van der Waals surface area contributed by atoms with Crippen LogP contribution in [0.3, 0.4) is 0 Å². The molecule has 0 bridgehead atoms. The van der Waals surface area contributed by atoms with E-state index in [2.05, 4.69) is 5.32 Å². The Labute approximate surface area is 196 Å². The number of hydrogen-bond donors (Lipinski definition) is 1. The molecule has 3 heterocycles. The van der Waals surface area contributed by atoms with Crippen molar-refractivity contribution in [2.45, 2.75) is 33.7 Å². The average Bonchev–Trinajstić information content (AvgIpc) is 3.04. The third-order valence-corrected chi connectivity index (χ3v) is 6.61. The van der Waals surface area contributed by atoms with Crippen LogP contribution < -0.4 is 10.9 Å². The maximum atomic E-state index is 13.3. The predicted octanol–water partition coefficient (Wildman–Crippen LogP) is 4.53. The molecule has 1 aliphatic rings. The lowest BCUT2D eigenvalue weighted by molar-refractivity contribution is -0.122. The largest absolute Gasteiger partial charge is 0.369 e. The van der Waals surface area contributed by atoms with Gasteiger partial charge < -0.3 is 5.32 Å². The fraction of sp³-hybridized carbons (Fsp3) is 0.250. The van der Waals surface area contributed by atoms with E-state index >= 15 is 0 Å². The van der Waals surface area contributed by atoms with Gasteiger partial charge in [-0.1, -0.05) is 66.8 Å². The Balaban J connectivity index is 1.74. The van der Waals surface area contributed by atoms with E-state index in [4.69, 9.17) is 17.2 Å². The summed E-state index contributed by atoms with van der Waals surface area (Å²) in [7, 11) is 0. The van der Waals surface area contributed by atoms with Crippen molar-refractivity contribution in [2.24, 2.45) is 0 Å². The van der Waals surface area contributed by atoms with Crippen LogP contribution in [-0.2, 0) is 11.3 Å². The van der Waals surface area contributed by atoms with E-state index in [1.54, 1.807) is 17.2 Å². The molecule has 2 aromatic heterocycles. The molecule has 6 nitrogen and oxygen atoms in total. The molecule has 1 N–H and O–H groups in total. The van der Waals surface area contributed by atoms with Crippen LogP contribution in [-0.4, -0.2) is 31.1 Å². The lowest BCUT2D eigenvalue weighted by atomic mass is 10.1. The minimum absolute atomic E-state index is 0.198. The third kappa shape index (κ3) is 4.33. The van der Waals surface area contributed by atoms with Gasteiger partial charge in [-0.25, -0.2) is 4.98 Å². The fourth-order valence-corrected chi connectivity index (χ4v) is 4.70. The van der Waals surface area contributed by atoms with Gasteiger partial charge in [0.2, 0.25) is 0 Å². The van der Waals surface area contributed by atoms with Crippen LogP contribution in [0.15, 0.2) is 52.3 Å². The van der Waals surface area contributed by atoms with Crippen molar-refractivity contribution in [3.8, 4) is 0 Å². The van der Waals surface area contributed by atoms with Crippen LogP contribution in [0, 0.1) is 13.8 Å². The number of benzene rings is 1. The molecule has 4 rings (SSSR count). The third-order valence-electron chi connectivity index (χ3n) is 5.24. The molecule has 8 heteroatoms. The summed E-state index contributed by atoms with van der Waals surface area (Å²) in [6, 6.07) is 11.7. The Kier molecular flexibility index (Phi) is 6.43. The molecule has 1 saturated heterocycles. The molecule has 0 radical (unpaired) electrons. The molecule has 1 aromatic carbocycles. The van der Waals surface area contributed by atoms with E-state index < -0.39 is 0 Å². The maximum absolute atomic E-state index is 13.3. The van der Waals surface area contributed by atoms with Gasteiger partial charge in [0.25, 0.3) is 11.5 Å². The van der Waals surface area contributed by atoms with E-state index in [1.807, 2.05) is 57.2 Å². The summed E-state index contributed by atoms with van der Waals surface area (Å²) in [6.45, 7) is 7.05. The summed E-state index contributed by atoms with van der Waals surface area (Å²) in [4.78, 5) is 33.2. The van der Waals surface area contributed by atoms with E-state index in [0.717, 1.165) is 23.1 Å². The summed E-state index contributed by atoms with van der Waals surface area (Å²) in [5, 5.41) is 3.24. The number of hydrogen-bond acceptors (Lipinski definition) is 6. The Morgan fingerprint density at radius 2 is 1.91 bits per heavy atom. The van der Waals surface area contributed by atoms with E-state index in [9.17, 15) is 9.59 Å². The van der Waals surface area contributed by atoms with E-state index in [1.165, 1.54) is 16.2 Å². The van der Waals surface area contributed by atoms with Crippen molar-refractivity contribution >= 4 is 51.7 Å². The number of aromatic nitrogens is 2. The average molecular weight is 465 g/mol. The van der Waals surface area contributed by atoms with Gasteiger partial charge in [-0.3, -0.25) is 18.9 Å². The van der Waals surface area contributed by atoms with Crippen LogP contribution in [0.2, 0.25) is 0 Å². The van der Waals surface area contributed by atoms with Gasteiger partial charge in [0.1, 0.15) is 15.8 Å². The Morgan fingerprint density at radius 3 is 2.62 bits per heavy atom. The lowest BCUT2D eigenvalue weighted by Crippen LogP contribution is -2.27. The summed E-state index contributed by atoms with van der Waals surface area (Å²) >= 11 is 6.69.